The number of phenolic OH excluding ortho intramolecular Hbond substituents is 6. The predicted molar refractivity (Wildman–Crippen MR) is 66.3 cm³/mol. The van der Waals surface area contributed by atoms with Crippen LogP contribution in [-0.2, 0) is 0 Å². The van der Waals surface area contributed by atoms with E-state index in [1.807, 2.05) is 0 Å². The van der Waals surface area contributed by atoms with E-state index < -0.39 is 51.4 Å². The highest BCUT2D eigenvalue weighted by atomic mass is 16.3. The first-order valence-corrected chi connectivity index (χ1v) is 5.36. The van der Waals surface area contributed by atoms with Crippen LogP contribution >= 0.6 is 0 Å². The molecule has 0 aromatic heterocycles. The number of phenols is 6. The van der Waals surface area contributed by atoms with Gasteiger partial charge in [-0.25, -0.2) is 0 Å². The monoisotopic (exact) mass is 278 g/mol. The van der Waals surface area contributed by atoms with Crippen LogP contribution in [0.15, 0.2) is 24.3 Å². The fraction of sp³-hybridized carbons (Fsp3) is 0. The largest absolute Gasteiger partial charge is 0.508 e. The number of ketones is 1. The van der Waals surface area contributed by atoms with Crippen molar-refractivity contribution in [2.75, 3.05) is 0 Å². The van der Waals surface area contributed by atoms with E-state index in [0.717, 1.165) is 24.3 Å². The Morgan fingerprint density at radius 3 is 1.70 bits per heavy atom. The van der Waals surface area contributed by atoms with Crippen molar-refractivity contribution in [1.29, 1.82) is 0 Å². The van der Waals surface area contributed by atoms with E-state index in [4.69, 9.17) is 10.2 Å². The Balaban J connectivity index is 2.61. The molecule has 2 rings (SSSR count). The number of carbonyl (C=O) groups is 1. The first-order valence-electron chi connectivity index (χ1n) is 5.36. The standard InChI is InChI=1S/C13H10O7/c14-5-1-10(18)12(11(19)2-5)13(20)6-3-8(16)9(17)4-7(6)15/h1-4,14-19H. The molecule has 7 heteroatoms. The summed E-state index contributed by atoms with van der Waals surface area (Å²) in [5.41, 5.74) is -0.986. The predicted octanol–water partition coefficient (Wildman–Crippen LogP) is 1.15. The summed E-state index contributed by atoms with van der Waals surface area (Å²) in [7, 11) is 0. The third kappa shape index (κ3) is 2.12. The zero-order valence-electron chi connectivity index (χ0n) is 9.90. The molecule has 20 heavy (non-hydrogen) atoms. The van der Waals surface area contributed by atoms with Crippen LogP contribution in [0.25, 0.3) is 0 Å². The molecule has 0 aliphatic rings. The minimum Gasteiger partial charge on any atom is -0.508 e. The summed E-state index contributed by atoms with van der Waals surface area (Å²) < 4.78 is 0. The zero-order valence-corrected chi connectivity index (χ0v) is 9.90. The molecule has 0 amide bonds. The minimum absolute atomic E-state index is 0.434. The Bertz CT molecular complexity index is 683. The van der Waals surface area contributed by atoms with Crippen molar-refractivity contribution >= 4 is 5.78 Å². The molecular formula is C13H10O7. The van der Waals surface area contributed by atoms with Gasteiger partial charge in [-0.1, -0.05) is 0 Å². The van der Waals surface area contributed by atoms with Crippen LogP contribution in [0.5, 0.6) is 34.5 Å². The maximum atomic E-state index is 12.1. The lowest BCUT2D eigenvalue weighted by Crippen LogP contribution is -2.02. The molecule has 104 valence electrons. The number of aromatic hydroxyl groups is 6. The lowest BCUT2D eigenvalue weighted by Gasteiger charge is -2.09. The summed E-state index contributed by atoms with van der Waals surface area (Å²) in [4.78, 5) is 12.1. The SMILES string of the molecule is O=C(c1cc(O)c(O)cc1O)c1c(O)cc(O)cc1O. The highest BCUT2D eigenvalue weighted by molar-refractivity contribution is 6.14. The van der Waals surface area contributed by atoms with Crippen LogP contribution < -0.4 is 0 Å². The van der Waals surface area contributed by atoms with Gasteiger partial charge in [0.25, 0.3) is 0 Å². The molecule has 0 fully saturated rings. The quantitative estimate of drug-likeness (QED) is 0.275. The van der Waals surface area contributed by atoms with Crippen LogP contribution in [0.2, 0.25) is 0 Å². The summed E-state index contributed by atoms with van der Waals surface area (Å²) >= 11 is 0. The van der Waals surface area contributed by atoms with E-state index in [2.05, 4.69) is 0 Å². The van der Waals surface area contributed by atoms with Gasteiger partial charge >= 0.3 is 0 Å². The molecule has 0 spiro atoms. The summed E-state index contributed by atoms with van der Waals surface area (Å²) in [6.45, 7) is 0. The van der Waals surface area contributed by atoms with Crippen LogP contribution in [-0.4, -0.2) is 36.4 Å². The van der Waals surface area contributed by atoms with E-state index in [1.54, 1.807) is 0 Å². The van der Waals surface area contributed by atoms with Gasteiger partial charge in [-0.05, 0) is 6.07 Å². The number of hydrogen-bond donors (Lipinski definition) is 6. The number of carbonyl (C=O) groups excluding carboxylic acids is 1. The van der Waals surface area contributed by atoms with Crippen LogP contribution in [0, 0.1) is 0 Å². The average Bonchev–Trinajstić information content (AvgIpc) is 2.32. The topological polar surface area (TPSA) is 138 Å². The van der Waals surface area contributed by atoms with E-state index in [0.29, 0.717) is 0 Å². The summed E-state index contributed by atoms with van der Waals surface area (Å²) in [6, 6.07) is 3.21. The average molecular weight is 278 g/mol. The van der Waals surface area contributed by atoms with E-state index in [1.165, 1.54) is 0 Å². The second kappa shape index (κ2) is 4.54. The first-order chi connectivity index (χ1) is 9.31. The second-order valence-electron chi connectivity index (χ2n) is 4.05. The molecule has 0 saturated heterocycles. The molecule has 0 saturated carbocycles. The molecule has 0 atom stereocenters. The molecule has 0 aliphatic heterocycles. The Kier molecular flexibility index (Phi) is 3.03. The molecule has 2 aromatic rings. The van der Waals surface area contributed by atoms with Crippen molar-refractivity contribution in [3.8, 4) is 34.5 Å². The van der Waals surface area contributed by atoms with Crippen LogP contribution in [0.3, 0.4) is 0 Å². The maximum Gasteiger partial charge on any atom is 0.204 e. The molecule has 2 aromatic carbocycles. The van der Waals surface area contributed by atoms with Crippen molar-refractivity contribution in [2.24, 2.45) is 0 Å². The fourth-order valence-corrected chi connectivity index (χ4v) is 1.71. The van der Waals surface area contributed by atoms with Gasteiger partial charge in [-0.15, -0.1) is 0 Å². The Morgan fingerprint density at radius 2 is 1.15 bits per heavy atom. The highest BCUT2D eigenvalue weighted by Gasteiger charge is 2.23. The summed E-state index contributed by atoms with van der Waals surface area (Å²) in [5, 5.41) is 56.4. The minimum atomic E-state index is -0.993. The Hall–Kier alpha value is -3.09. The number of benzene rings is 2. The van der Waals surface area contributed by atoms with Gasteiger partial charge in [0.05, 0.1) is 5.56 Å². The van der Waals surface area contributed by atoms with E-state index in [-0.39, 0.29) is 0 Å². The second-order valence-corrected chi connectivity index (χ2v) is 4.05. The maximum absolute atomic E-state index is 12.1. The molecule has 0 aliphatic carbocycles. The zero-order chi connectivity index (χ0) is 15.0. The van der Waals surface area contributed by atoms with Crippen LogP contribution in [0.1, 0.15) is 15.9 Å². The van der Waals surface area contributed by atoms with Crippen molar-refractivity contribution in [1.82, 2.24) is 0 Å². The fourth-order valence-electron chi connectivity index (χ4n) is 1.71. The third-order valence-corrected chi connectivity index (χ3v) is 2.65. The lowest BCUT2D eigenvalue weighted by molar-refractivity contribution is 0.103. The molecule has 0 bridgehead atoms. The van der Waals surface area contributed by atoms with Crippen molar-refractivity contribution in [3.63, 3.8) is 0 Å². The van der Waals surface area contributed by atoms with Crippen LogP contribution in [0.4, 0.5) is 0 Å². The number of rotatable bonds is 2. The van der Waals surface area contributed by atoms with Gasteiger partial charge in [-0.2, -0.15) is 0 Å². The first kappa shape index (κ1) is 13.3. The van der Waals surface area contributed by atoms with Gasteiger partial charge in [0.2, 0.25) is 5.78 Å². The van der Waals surface area contributed by atoms with Gasteiger partial charge in [0.15, 0.2) is 11.5 Å². The van der Waals surface area contributed by atoms with Gasteiger partial charge in [-0.3, -0.25) is 4.79 Å². The molecule has 6 N–H and O–H groups in total. The van der Waals surface area contributed by atoms with Gasteiger partial charge in [0.1, 0.15) is 28.6 Å². The smallest absolute Gasteiger partial charge is 0.204 e. The molecular weight excluding hydrogens is 268 g/mol. The summed E-state index contributed by atoms with van der Waals surface area (Å²) in [6.07, 6.45) is 0. The van der Waals surface area contributed by atoms with E-state index in [9.17, 15) is 25.2 Å². The van der Waals surface area contributed by atoms with Crippen molar-refractivity contribution in [2.45, 2.75) is 0 Å². The Morgan fingerprint density at radius 1 is 0.650 bits per heavy atom. The molecule has 7 nitrogen and oxygen atoms in total. The normalized spacial score (nSPS) is 10.4. The molecule has 0 heterocycles. The highest BCUT2D eigenvalue weighted by Crippen LogP contribution is 2.38. The van der Waals surface area contributed by atoms with Gasteiger partial charge < -0.3 is 30.6 Å². The molecule has 0 unspecified atom stereocenters. The Labute approximate surface area is 112 Å². The summed E-state index contributed by atoms with van der Waals surface area (Å²) in [5.74, 6) is -4.75. The molecule has 0 radical (unpaired) electrons. The van der Waals surface area contributed by atoms with Gasteiger partial charge in [0, 0.05) is 18.2 Å². The van der Waals surface area contributed by atoms with Crippen molar-refractivity contribution in [3.05, 3.63) is 35.4 Å². The van der Waals surface area contributed by atoms with E-state index >= 15 is 0 Å². The van der Waals surface area contributed by atoms with Crippen molar-refractivity contribution < 1.29 is 35.4 Å². The third-order valence-electron chi connectivity index (χ3n) is 2.65. The lowest BCUT2D eigenvalue weighted by atomic mass is 10.00. The number of hydrogen-bond acceptors (Lipinski definition) is 7.